The fraction of sp³-hybridized carbons (Fsp3) is 0.118. The van der Waals surface area contributed by atoms with E-state index in [9.17, 15) is 4.39 Å². The summed E-state index contributed by atoms with van der Waals surface area (Å²) in [5.74, 6) is -0.220. The third-order valence-electron chi connectivity index (χ3n) is 3.37. The fourth-order valence-corrected chi connectivity index (χ4v) is 3.25. The Hall–Kier alpha value is -2.20. The molecule has 3 rings (SSSR count). The molecule has 0 bridgehead atoms. The maximum Gasteiger partial charge on any atom is 0.180 e. The maximum absolute atomic E-state index is 13.3. The molecule has 0 aliphatic heterocycles. The molecular weight excluding hydrogens is 283 g/mol. The van der Waals surface area contributed by atoms with Crippen LogP contribution in [0.4, 0.5) is 9.52 Å². The quantitative estimate of drug-likeness (QED) is 0.777. The lowest BCUT2D eigenvalue weighted by molar-refractivity contribution is 0.626. The standard InChI is InChI=1S/C17H15FN2S/c1-11-5-2-3-8-14(11)16-15(21-17(19)20-16)10-12-6-4-7-13(18)9-12/h2-9H,10H2,1H3,(H2,19,20). The van der Waals surface area contributed by atoms with Crippen molar-refractivity contribution in [1.29, 1.82) is 0 Å². The number of hydrogen-bond donors (Lipinski definition) is 1. The van der Waals surface area contributed by atoms with E-state index in [4.69, 9.17) is 5.73 Å². The van der Waals surface area contributed by atoms with E-state index in [1.165, 1.54) is 17.4 Å². The number of halogens is 1. The third kappa shape index (κ3) is 2.95. The second-order valence-corrected chi connectivity index (χ2v) is 6.06. The van der Waals surface area contributed by atoms with Crippen molar-refractivity contribution < 1.29 is 4.39 Å². The molecule has 0 atom stereocenters. The molecule has 4 heteroatoms. The van der Waals surface area contributed by atoms with Crippen LogP contribution in [0.25, 0.3) is 11.3 Å². The molecule has 0 aliphatic carbocycles. The van der Waals surface area contributed by atoms with Gasteiger partial charge in [0.1, 0.15) is 5.82 Å². The van der Waals surface area contributed by atoms with Gasteiger partial charge in [0.25, 0.3) is 0 Å². The van der Waals surface area contributed by atoms with E-state index < -0.39 is 0 Å². The Bertz CT molecular complexity index is 780. The Morgan fingerprint density at radius 3 is 2.71 bits per heavy atom. The van der Waals surface area contributed by atoms with E-state index in [1.807, 2.05) is 24.3 Å². The van der Waals surface area contributed by atoms with Crippen molar-refractivity contribution in [2.45, 2.75) is 13.3 Å². The van der Waals surface area contributed by atoms with Crippen LogP contribution in [-0.4, -0.2) is 4.98 Å². The molecule has 0 radical (unpaired) electrons. The van der Waals surface area contributed by atoms with E-state index in [-0.39, 0.29) is 5.82 Å². The highest BCUT2D eigenvalue weighted by molar-refractivity contribution is 7.15. The van der Waals surface area contributed by atoms with Gasteiger partial charge in [0.05, 0.1) is 5.69 Å². The van der Waals surface area contributed by atoms with Gasteiger partial charge < -0.3 is 5.73 Å². The first-order valence-corrected chi connectivity index (χ1v) is 7.51. The van der Waals surface area contributed by atoms with Gasteiger partial charge in [-0.25, -0.2) is 9.37 Å². The molecule has 0 spiro atoms. The molecule has 2 N–H and O–H groups in total. The van der Waals surface area contributed by atoms with Crippen molar-refractivity contribution in [3.63, 3.8) is 0 Å². The Morgan fingerprint density at radius 1 is 1.14 bits per heavy atom. The lowest BCUT2D eigenvalue weighted by Gasteiger charge is -2.06. The lowest BCUT2D eigenvalue weighted by atomic mass is 10.0. The van der Waals surface area contributed by atoms with E-state index in [0.29, 0.717) is 11.6 Å². The zero-order valence-electron chi connectivity index (χ0n) is 11.6. The Kier molecular flexibility index (Phi) is 3.71. The molecule has 1 aromatic heterocycles. The number of nitrogens with two attached hydrogens (primary N) is 1. The Balaban J connectivity index is 2.02. The summed E-state index contributed by atoms with van der Waals surface area (Å²) >= 11 is 1.46. The van der Waals surface area contributed by atoms with Gasteiger partial charge in [-0.15, -0.1) is 11.3 Å². The molecule has 2 aromatic carbocycles. The minimum absolute atomic E-state index is 0.220. The van der Waals surface area contributed by atoms with Crippen LogP contribution in [0.5, 0.6) is 0 Å². The van der Waals surface area contributed by atoms with Crippen molar-refractivity contribution in [1.82, 2.24) is 4.98 Å². The van der Waals surface area contributed by atoms with E-state index >= 15 is 0 Å². The number of rotatable bonds is 3. The highest BCUT2D eigenvalue weighted by atomic mass is 32.1. The predicted octanol–water partition coefficient (Wildman–Crippen LogP) is 4.43. The minimum atomic E-state index is -0.220. The van der Waals surface area contributed by atoms with Crippen LogP contribution < -0.4 is 5.73 Å². The first-order valence-electron chi connectivity index (χ1n) is 6.69. The number of nitrogen functional groups attached to an aromatic ring is 1. The summed E-state index contributed by atoms with van der Waals surface area (Å²) in [5.41, 5.74) is 9.95. The normalized spacial score (nSPS) is 10.8. The van der Waals surface area contributed by atoms with Gasteiger partial charge in [-0.05, 0) is 30.2 Å². The number of anilines is 1. The highest BCUT2D eigenvalue weighted by Crippen LogP contribution is 2.33. The van der Waals surface area contributed by atoms with Crippen LogP contribution in [0.3, 0.4) is 0 Å². The van der Waals surface area contributed by atoms with Gasteiger partial charge in [0.15, 0.2) is 5.13 Å². The molecule has 0 saturated heterocycles. The molecular formula is C17H15FN2S. The van der Waals surface area contributed by atoms with Crippen molar-refractivity contribution >= 4 is 16.5 Å². The maximum atomic E-state index is 13.3. The van der Waals surface area contributed by atoms with Gasteiger partial charge in [-0.1, -0.05) is 36.4 Å². The zero-order chi connectivity index (χ0) is 14.8. The van der Waals surface area contributed by atoms with Crippen LogP contribution in [0.1, 0.15) is 16.0 Å². The number of nitrogens with zero attached hydrogens (tertiary/aromatic N) is 1. The predicted molar refractivity (Wildman–Crippen MR) is 85.9 cm³/mol. The fourth-order valence-electron chi connectivity index (χ4n) is 2.37. The first-order chi connectivity index (χ1) is 10.1. The molecule has 3 aromatic rings. The van der Waals surface area contributed by atoms with Crippen LogP contribution in [0, 0.1) is 12.7 Å². The average Bonchev–Trinajstić information content (AvgIpc) is 2.80. The molecule has 0 saturated carbocycles. The second kappa shape index (κ2) is 5.66. The Morgan fingerprint density at radius 2 is 1.95 bits per heavy atom. The molecule has 1 heterocycles. The highest BCUT2D eigenvalue weighted by Gasteiger charge is 2.14. The number of hydrogen-bond acceptors (Lipinski definition) is 3. The SMILES string of the molecule is Cc1ccccc1-c1nc(N)sc1Cc1cccc(F)c1. The molecule has 0 unspecified atom stereocenters. The zero-order valence-corrected chi connectivity index (χ0v) is 12.5. The van der Waals surface area contributed by atoms with Crippen LogP contribution in [0.15, 0.2) is 48.5 Å². The summed E-state index contributed by atoms with van der Waals surface area (Å²) in [6.07, 6.45) is 0.635. The summed E-state index contributed by atoms with van der Waals surface area (Å²) < 4.78 is 13.3. The molecule has 0 amide bonds. The van der Waals surface area contributed by atoms with Crippen LogP contribution >= 0.6 is 11.3 Å². The molecule has 0 aliphatic rings. The van der Waals surface area contributed by atoms with Gasteiger partial charge in [0, 0.05) is 16.9 Å². The van der Waals surface area contributed by atoms with Crippen molar-refractivity contribution in [3.05, 3.63) is 70.4 Å². The number of benzene rings is 2. The van der Waals surface area contributed by atoms with Crippen molar-refractivity contribution in [3.8, 4) is 11.3 Å². The van der Waals surface area contributed by atoms with Crippen molar-refractivity contribution in [2.24, 2.45) is 0 Å². The summed E-state index contributed by atoms with van der Waals surface area (Å²) in [4.78, 5) is 5.53. The van der Waals surface area contributed by atoms with Gasteiger partial charge in [-0.3, -0.25) is 0 Å². The molecule has 106 valence electrons. The second-order valence-electron chi connectivity index (χ2n) is 4.95. The van der Waals surface area contributed by atoms with E-state index in [1.54, 1.807) is 12.1 Å². The Labute approximate surface area is 127 Å². The molecule has 21 heavy (non-hydrogen) atoms. The minimum Gasteiger partial charge on any atom is -0.375 e. The van der Waals surface area contributed by atoms with Crippen LogP contribution in [0.2, 0.25) is 0 Å². The van der Waals surface area contributed by atoms with Gasteiger partial charge in [0.2, 0.25) is 0 Å². The number of thiazole rings is 1. The van der Waals surface area contributed by atoms with E-state index in [2.05, 4.69) is 18.0 Å². The lowest BCUT2D eigenvalue weighted by Crippen LogP contribution is -1.91. The molecule has 0 fully saturated rings. The van der Waals surface area contributed by atoms with Crippen LogP contribution in [-0.2, 0) is 6.42 Å². The summed E-state index contributed by atoms with van der Waals surface area (Å²) in [5, 5.41) is 0.541. The van der Waals surface area contributed by atoms with Gasteiger partial charge in [-0.2, -0.15) is 0 Å². The third-order valence-corrected chi connectivity index (χ3v) is 4.25. The van der Waals surface area contributed by atoms with Crippen molar-refractivity contribution in [2.75, 3.05) is 5.73 Å². The van der Waals surface area contributed by atoms with E-state index in [0.717, 1.165) is 27.3 Å². The number of aryl methyl sites for hydroxylation is 1. The molecule has 2 nitrogen and oxygen atoms in total. The first kappa shape index (κ1) is 13.8. The smallest absolute Gasteiger partial charge is 0.180 e. The summed E-state index contributed by atoms with van der Waals surface area (Å²) in [6, 6.07) is 14.7. The van der Waals surface area contributed by atoms with Gasteiger partial charge >= 0.3 is 0 Å². The largest absolute Gasteiger partial charge is 0.375 e. The summed E-state index contributed by atoms with van der Waals surface area (Å²) in [7, 11) is 0. The average molecular weight is 298 g/mol. The monoisotopic (exact) mass is 298 g/mol. The number of aromatic nitrogens is 1. The summed E-state index contributed by atoms with van der Waals surface area (Å²) in [6.45, 7) is 2.05. The topological polar surface area (TPSA) is 38.9 Å².